The Hall–Kier alpha value is -0.540. The largest absolute Gasteiger partial charge is 0.396 e. The standard InChI is InChI=1S/C8H12ClNO2/c9-7-5(4-11)2-1-3-6(7)8(10)12/h5,11H,1-4H2,(H2,10,12). The number of aliphatic hydroxyl groups is 1. The Balaban J connectivity index is 2.87. The van der Waals surface area contributed by atoms with Crippen LogP contribution in [0.3, 0.4) is 0 Å². The van der Waals surface area contributed by atoms with Crippen molar-refractivity contribution in [3.63, 3.8) is 0 Å². The number of amides is 1. The van der Waals surface area contributed by atoms with Crippen LogP contribution in [-0.2, 0) is 4.79 Å². The van der Waals surface area contributed by atoms with Crippen molar-refractivity contribution in [2.75, 3.05) is 6.61 Å². The maximum absolute atomic E-state index is 10.8. The molecule has 0 saturated carbocycles. The molecule has 1 atom stereocenters. The summed E-state index contributed by atoms with van der Waals surface area (Å²) in [7, 11) is 0. The van der Waals surface area contributed by atoms with Gasteiger partial charge in [-0.1, -0.05) is 11.6 Å². The van der Waals surface area contributed by atoms with Gasteiger partial charge in [-0.05, 0) is 19.3 Å². The van der Waals surface area contributed by atoms with Gasteiger partial charge in [0.1, 0.15) is 0 Å². The topological polar surface area (TPSA) is 63.3 Å². The molecule has 3 nitrogen and oxygen atoms in total. The molecule has 0 heterocycles. The summed E-state index contributed by atoms with van der Waals surface area (Å²) in [5, 5.41) is 9.35. The van der Waals surface area contributed by atoms with E-state index in [9.17, 15) is 4.79 Å². The zero-order chi connectivity index (χ0) is 9.14. The van der Waals surface area contributed by atoms with Gasteiger partial charge in [0.2, 0.25) is 5.91 Å². The number of aliphatic hydroxyl groups excluding tert-OH is 1. The Morgan fingerprint density at radius 1 is 1.75 bits per heavy atom. The third-order valence-corrected chi connectivity index (χ3v) is 2.68. The van der Waals surface area contributed by atoms with Crippen LogP contribution in [-0.4, -0.2) is 17.6 Å². The smallest absolute Gasteiger partial charge is 0.245 e. The lowest BCUT2D eigenvalue weighted by Crippen LogP contribution is -2.22. The van der Waals surface area contributed by atoms with Crippen LogP contribution in [0.4, 0.5) is 0 Å². The minimum atomic E-state index is -0.460. The van der Waals surface area contributed by atoms with Crippen molar-refractivity contribution in [1.82, 2.24) is 0 Å². The zero-order valence-electron chi connectivity index (χ0n) is 6.72. The molecule has 12 heavy (non-hydrogen) atoms. The second kappa shape index (κ2) is 3.92. The predicted molar refractivity (Wildman–Crippen MR) is 46.5 cm³/mol. The van der Waals surface area contributed by atoms with E-state index in [1.54, 1.807) is 0 Å². The van der Waals surface area contributed by atoms with Crippen LogP contribution in [0.1, 0.15) is 19.3 Å². The van der Waals surface area contributed by atoms with Gasteiger partial charge in [0.15, 0.2) is 0 Å². The Labute approximate surface area is 76.2 Å². The zero-order valence-corrected chi connectivity index (χ0v) is 7.47. The van der Waals surface area contributed by atoms with Crippen LogP contribution in [0.5, 0.6) is 0 Å². The Morgan fingerprint density at radius 3 is 2.92 bits per heavy atom. The van der Waals surface area contributed by atoms with Gasteiger partial charge >= 0.3 is 0 Å². The van der Waals surface area contributed by atoms with Crippen molar-refractivity contribution in [2.24, 2.45) is 11.7 Å². The maximum Gasteiger partial charge on any atom is 0.245 e. The first-order valence-electron chi connectivity index (χ1n) is 3.96. The van der Waals surface area contributed by atoms with Gasteiger partial charge in [-0.15, -0.1) is 0 Å². The fourth-order valence-electron chi connectivity index (χ4n) is 1.43. The van der Waals surface area contributed by atoms with E-state index in [0.29, 0.717) is 17.0 Å². The summed E-state index contributed by atoms with van der Waals surface area (Å²) in [4.78, 5) is 10.8. The number of halogens is 1. The van der Waals surface area contributed by atoms with E-state index in [-0.39, 0.29) is 12.5 Å². The molecule has 0 fully saturated rings. The first kappa shape index (κ1) is 9.55. The number of rotatable bonds is 2. The van der Waals surface area contributed by atoms with Crippen molar-refractivity contribution in [1.29, 1.82) is 0 Å². The SMILES string of the molecule is NC(=O)C1=C(Cl)C(CO)CCC1. The minimum Gasteiger partial charge on any atom is -0.396 e. The molecule has 0 aromatic carbocycles. The number of hydrogen-bond donors (Lipinski definition) is 2. The minimum absolute atomic E-state index is 0.00435. The Bertz CT molecular complexity index is 225. The highest BCUT2D eigenvalue weighted by Gasteiger charge is 2.23. The van der Waals surface area contributed by atoms with Gasteiger partial charge < -0.3 is 10.8 Å². The molecule has 0 bridgehead atoms. The Kier molecular flexibility index (Phi) is 3.12. The number of primary amides is 1. The van der Waals surface area contributed by atoms with E-state index >= 15 is 0 Å². The van der Waals surface area contributed by atoms with Crippen molar-refractivity contribution in [2.45, 2.75) is 19.3 Å². The van der Waals surface area contributed by atoms with Crippen molar-refractivity contribution < 1.29 is 9.90 Å². The average molecular weight is 190 g/mol. The van der Waals surface area contributed by atoms with Crippen LogP contribution >= 0.6 is 11.6 Å². The average Bonchev–Trinajstić information content (AvgIpc) is 2.04. The predicted octanol–water partition coefficient (Wildman–Crippen LogP) is 0.757. The molecule has 1 aliphatic rings. The third kappa shape index (κ3) is 1.79. The molecular weight excluding hydrogens is 178 g/mol. The molecule has 0 aliphatic heterocycles. The second-order valence-corrected chi connectivity index (χ2v) is 3.37. The maximum atomic E-state index is 10.8. The quantitative estimate of drug-likeness (QED) is 0.674. The van der Waals surface area contributed by atoms with E-state index in [0.717, 1.165) is 12.8 Å². The van der Waals surface area contributed by atoms with Gasteiger partial charge in [0.25, 0.3) is 0 Å². The lowest BCUT2D eigenvalue weighted by atomic mass is 9.90. The summed E-state index contributed by atoms with van der Waals surface area (Å²) >= 11 is 5.86. The summed E-state index contributed by atoms with van der Waals surface area (Å²) in [6.07, 6.45) is 2.36. The van der Waals surface area contributed by atoms with Crippen molar-refractivity contribution in [3.05, 3.63) is 10.6 Å². The summed E-state index contributed by atoms with van der Waals surface area (Å²) in [5.41, 5.74) is 5.60. The molecule has 1 amide bonds. The van der Waals surface area contributed by atoms with E-state index in [1.807, 2.05) is 0 Å². The van der Waals surface area contributed by atoms with Crippen LogP contribution in [0.15, 0.2) is 10.6 Å². The molecule has 0 aromatic heterocycles. The van der Waals surface area contributed by atoms with Gasteiger partial charge in [-0.3, -0.25) is 4.79 Å². The molecule has 1 rings (SSSR count). The summed E-state index contributed by atoms with van der Waals surface area (Å²) in [5.74, 6) is -0.541. The highest BCUT2D eigenvalue weighted by atomic mass is 35.5. The number of hydrogen-bond acceptors (Lipinski definition) is 2. The molecule has 0 saturated heterocycles. The lowest BCUT2D eigenvalue weighted by molar-refractivity contribution is -0.114. The number of carbonyl (C=O) groups excluding carboxylic acids is 1. The molecular formula is C8H12ClNO2. The first-order valence-corrected chi connectivity index (χ1v) is 4.33. The molecule has 0 spiro atoms. The molecule has 4 heteroatoms. The van der Waals surface area contributed by atoms with Gasteiger partial charge in [0, 0.05) is 16.5 Å². The van der Waals surface area contributed by atoms with E-state index in [4.69, 9.17) is 22.4 Å². The lowest BCUT2D eigenvalue weighted by Gasteiger charge is -2.21. The molecule has 1 aliphatic carbocycles. The second-order valence-electron chi connectivity index (χ2n) is 2.96. The Morgan fingerprint density at radius 2 is 2.42 bits per heavy atom. The van der Waals surface area contributed by atoms with Gasteiger partial charge in [-0.2, -0.15) is 0 Å². The molecule has 3 N–H and O–H groups in total. The van der Waals surface area contributed by atoms with Gasteiger partial charge in [-0.25, -0.2) is 0 Å². The number of nitrogens with two attached hydrogens (primary N) is 1. The van der Waals surface area contributed by atoms with Gasteiger partial charge in [0.05, 0.1) is 6.61 Å². The monoisotopic (exact) mass is 189 g/mol. The van der Waals surface area contributed by atoms with Crippen LogP contribution < -0.4 is 5.73 Å². The molecule has 1 unspecified atom stereocenters. The highest BCUT2D eigenvalue weighted by Crippen LogP contribution is 2.32. The first-order chi connectivity index (χ1) is 5.66. The fraction of sp³-hybridized carbons (Fsp3) is 0.625. The van der Waals surface area contributed by atoms with Crippen molar-refractivity contribution >= 4 is 17.5 Å². The van der Waals surface area contributed by atoms with E-state index in [2.05, 4.69) is 0 Å². The molecule has 0 aromatic rings. The van der Waals surface area contributed by atoms with Crippen LogP contribution in [0, 0.1) is 5.92 Å². The highest BCUT2D eigenvalue weighted by molar-refractivity contribution is 6.32. The third-order valence-electron chi connectivity index (χ3n) is 2.14. The summed E-state index contributed by atoms with van der Waals surface area (Å²) < 4.78 is 0. The normalized spacial score (nSPS) is 24.3. The van der Waals surface area contributed by atoms with E-state index < -0.39 is 5.91 Å². The fourth-order valence-corrected chi connectivity index (χ4v) is 1.80. The van der Waals surface area contributed by atoms with Crippen LogP contribution in [0.2, 0.25) is 0 Å². The molecule has 68 valence electrons. The summed E-state index contributed by atoms with van der Waals surface area (Å²) in [6, 6.07) is 0. The summed E-state index contributed by atoms with van der Waals surface area (Å²) in [6.45, 7) is -0.00435. The molecule has 0 radical (unpaired) electrons. The van der Waals surface area contributed by atoms with Crippen LogP contribution in [0.25, 0.3) is 0 Å². The van der Waals surface area contributed by atoms with E-state index in [1.165, 1.54) is 0 Å². The van der Waals surface area contributed by atoms with Crippen molar-refractivity contribution in [3.8, 4) is 0 Å². The number of carbonyl (C=O) groups is 1.